The van der Waals surface area contributed by atoms with E-state index < -0.39 is 18.1 Å². The number of nitrogens with two attached hydrogens (primary N) is 1. The number of nitriles is 1. The normalized spacial score (nSPS) is 18.3. The van der Waals surface area contributed by atoms with Crippen molar-refractivity contribution in [1.29, 1.82) is 5.26 Å². The van der Waals surface area contributed by atoms with Crippen LogP contribution in [-0.4, -0.2) is 40.4 Å². The van der Waals surface area contributed by atoms with E-state index in [4.69, 9.17) is 11.0 Å². The van der Waals surface area contributed by atoms with Crippen molar-refractivity contribution in [3.8, 4) is 6.07 Å². The summed E-state index contributed by atoms with van der Waals surface area (Å²) in [6.07, 6.45) is 7.27. The van der Waals surface area contributed by atoms with Gasteiger partial charge < -0.3 is 15.9 Å². The molecule has 197 valence electrons. The predicted octanol–water partition coefficient (Wildman–Crippen LogP) is 5.64. The number of carbonyl (C=O) groups is 1. The van der Waals surface area contributed by atoms with Gasteiger partial charge in [0.2, 0.25) is 5.91 Å². The third-order valence-electron chi connectivity index (χ3n) is 5.24. The zero-order valence-corrected chi connectivity index (χ0v) is 33.3. The van der Waals surface area contributed by atoms with E-state index in [9.17, 15) is 15.0 Å². The maximum atomic E-state index is 10.7. The zero-order chi connectivity index (χ0) is 25.1. The number of hydrogen-bond donors (Lipinski definition) is 5. The van der Waals surface area contributed by atoms with E-state index in [1.165, 1.54) is 38.5 Å². The van der Waals surface area contributed by atoms with Gasteiger partial charge in [0, 0.05) is 12.1 Å². The van der Waals surface area contributed by atoms with Crippen molar-refractivity contribution in [2.75, 3.05) is 0 Å². The first-order chi connectivity index (χ1) is 15.1. The second-order valence-corrected chi connectivity index (χ2v) is 55.1. The fraction of sp³-hybridized carbons (Fsp3) is 0.882. The third kappa shape index (κ3) is 24.0. The predicted molar refractivity (Wildman–Crippen MR) is 181 cm³/mol. The van der Waals surface area contributed by atoms with Crippen molar-refractivity contribution in [2.24, 2.45) is 17.6 Å². The minimum absolute atomic E-state index is 0. The van der Waals surface area contributed by atoms with E-state index in [0.29, 0.717) is 21.3 Å². The number of hydrogen-bond acceptors (Lipinski definition) is 6. The Kier molecular flexibility index (Phi) is 35.6. The molecule has 16 heteroatoms. The summed E-state index contributed by atoms with van der Waals surface area (Å²) in [5, 5.41) is 32.9. The van der Waals surface area contributed by atoms with Crippen molar-refractivity contribution in [3.05, 3.63) is 0 Å². The summed E-state index contributed by atoms with van der Waals surface area (Å²) in [6.45, 7) is 0. The molecule has 0 spiro atoms. The van der Waals surface area contributed by atoms with Crippen molar-refractivity contribution in [2.45, 2.75) is 83.1 Å². The van der Waals surface area contributed by atoms with Crippen LogP contribution in [0.15, 0.2) is 0 Å². The first-order valence-corrected chi connectivity index (χ1v) is 33.4. The molecular weight excluding hydrogens is 1110 g/mol. The molecular formula is C17H36I5N4O3P2V2. The molecule has 6 N–H and O–H groups in total. The van der Waals surface area contributed by atoms with E-state index in [1.54, 1.807) is 0 Å². The Morgan fingerprint density at radius 3 is 1.61 bits per heavy atom. The Hall–Kier alpha value is 4.48. The Morgan fingerprint density at radius 1 is 1.06 bits per heavy atom. The summed E-state index contributed by atoms with van der Waals surface area (Å²) in [6, 6.07) is 1.56. The molecule has 0 aromatic heterocycles. The van der Waals surface area contributed by atoms with E-state index in [-0.39, 0.29) is 24.4 Å². The maximum absolute atomic E-state index is 10.7. The van der Waals surface area contributed by atoms with Gasteiger partial charge in [-0.1, -0.05) is 64.7 Å². The molecule has 7 nitrogen and oxygen atoms in total. The van der Waals surface area contributed by atoms with E-state index in [2.05, 4.69) is 129 Å². The van der Waals surface area contributed by atoms with Gasteiger partial charge in [-0.15, -0.1) is 0 Å². The van der Waals surface area contributed by atoms with E-state index in [1.807, 2.05) is 6.07 Å². The molecule has 0 radical (unpaired) electrons. The van der Waals surface area contributed by atoms with Crippen LogP contribution in [-0.2, 0) is 19.2 Å². The van der Waals surface area contributed by atoms with Gasteiger partial charge in [0.25, 0.3) is 0 Å². The van der Waals surface area contributed by atoms with Crippen LogP contribution in [0.2, 0.25) is 0 Å². The molecule has 33 heavy (non-hydrogen) atoms. The molecule has 6 atom stereocenters. The Labute approximate surface area is 271 Å². The number of rotatable bonds is 9. The van der Waals surface area contributed by atoms with Crippen LogP contribution in [0.5, 0.6) is 0 Å². The molecule has 6 unspecified atom stereocenters. The van der Waals surface area contributed by atoms with Crippen molar-refractivity contribution in [3.63, 3.8) is 0 Å². The number of nitrogens with one attached hydrogen (secondary N) is 2. The number of nitrogens with zero attached hydrogens (tertiary/aromatic N) is 1. The Balaban J connectivity index is -0.000000417. The molecule has 2 aliphatic rings. The Morgan fingerprint density at radius 2 is 1.39 bits per heavy atom. The van der Waals surface area contributed by atoms with Gasteiger partial charge in [-0.25, -0.2) is 0 Å². The molecule has 0 heterocycles. The quantitative estimate of drug-likeness (QED) is 0.116. The van der Waals surface area contributed by atoms with Gasteiger partial charge >= 0.3 is 114 Å². The summed E-state index contributed by atoms with van der Waals surface area (Å²) in [5.74, 6) is 0.706. The van der Waals surface area contributed by atoms with Crippen LogP contribution in [0, 0.1) is 23.2 Å². The number of aliphatic hydroxyl groups is 2. The van der Waals surface area contributed by atoms with Crippen LogP contribution in [0.4, 0.5) is 0 Å². The summed E-state index contributed by atoms with van der Waals surface area (Å²) < 4.78 is 0. The van der Waals surface area contributed by atoms with Crippen LogP contribution < -0.4 is 15.9 Å². The molecule has 1 amide bonds. The Bertz CT molecular complexity index is 523. The molecule has 2 rings (SSSR count). The molecule has 0 aromatic carbocycles. The van der Waals surface area contributed by atoms with Gasteiger partial charge in [0.05, 0.1) is 6.07 Å². The van der Waals surface area contributed by atoms with E-state index >= 15 is 0 Å². The first-order valence-electron chi connectivity index (χ1n) is 9.74. The van der Waals surface area contributed by atoms with Crippen molar-refractivity contribution < 1.29 is 29.4 Å². The van der Waals surface area contributed by atoms with Crippen molar-refractivity contribution >= 4 is 125 Å². The number of amides is 1. The summed E-state index contributed by atoms with van der Waals surface area (Å²) in [7, 11) is 5.32. The van der Waals surface area contributed by atoms with Crippen molar-refractivity contribution in [1.82, 2.24) is 10.2 Å². The van der Waals surface area contributed by atoms with Crippen LogP contribution >= 0.6 is 119 Å². The van der Waals surface area contributed by atoms with Crippen LogP contribution in [0.1, 0.15) is 58.8 Å². The van der Waals surface area contributed by atoms with E-state index in [0.717, 1.165) is 12.8 Å². The minimum atomic E-state index is -1.07. The third-order valence-corrected chi connectivity index (χ3v) is 6.09. The summed E-state index contributed by atoms with van der Waals surface area (Å²) >= 11 is 12.1. The first kappa shape index (κ1) is 42.0. The second kappa shape index (κ2) is 28.0. The van der Waals surface area contributed by atoms with Gasteiger partial charge in [0.1, 0.15) is 6.10 Å². The second-order valence-electron chi connectivity index (χ2n) is 7.29. The molecule has 0 saturated heterocycles. The summed E-state index contributed by atoms with van der Waals surface area (Å²) in [4.78, 5) is 10.4. The monoisotopic (exact) mass is 1140 g/mol. The number of halogens is 5. The topological polar surface area (TPSA) is 131 Å². The number of primary amides is 1. The molecule has 2 saturated carbocycles. The SMILES string of the molecule is C.N#CC(O)C(CC1CCC1)NP.NC(=O)C(O)C(CC1CCC1)NP.[I][V]([I])[I].[I][V][I]. The van der Waals surface area contributed by atoms with Gasteiger partial charge in [-0.2, -0.15) is 5.26 Å². The fourth-order valence-electron chi connectivity index (χ4n) is 3.04. The average Bonchev–Trinajstić information content (AvgIpc) is 2.66. The molecule has 0 aliphatic heterocycles. The molecule has 2 aliphatic carbocycles. The van der Waals surface area contributed by atoms with Crippen LogP contribution in [0.3, 0.4) is 0 Å². The van der Waals surface area contributed by atoms with Crippen LogP contribution in [0.25, 0.3) is 0 Å². The van der Waals surface area contributed by atoms with Gasteiger partial charge in [-0.3, -0.25) is 15.0 Å². The molecule has 2 fully saturated rings. The standard InChI is InChI=1S/C8H17N2O2P.C8H15N2OP.CH4.5HI.2V/c9-8(12)7(11)6(10-13)4-5-2-1-3-5;9-5-8(11)7(10-12)4-6-2-1-3-6;;;;;;;;/h5-7,10-11H,1-4,13H2,(H2,9,12);6-8,10-11H,1-4,12H2;1H4;5*1H;;/q;;;;;;;;+2;+3/p-5. The van der Waals surface area contributed by atoms with Gasteiger partial charge in [0.15, 0.2) is 6.10 Å². The number of aliphatic hydroxyl groups excluding tert-OH is 2. The summed E-state index contributed by atoms with van der Waals surface area (Å²) in [5.41, 5.74) is 5.01. The fourth-order valence-corrected chi connectivity index (χ4v) is 3.68. The number of carbonyl (C=O) groups excluding carboxylic acids is 1. The van der Waals surface area contributed by atoms with Gasteiger partial charge in [-0.05, 0) is 24.7 Å². The molecule has 0 bridgehead atoms. The average molecular weight is 1140 g/mol. The molecule has 0 aromatic rings. The zero-order valence-electron chi connectivity index (χ0n) is 17.4.